The summed E-state index contributed by atoms with van der Waals surface area (Å²) < 4.78 is 6.28. The van der Waals surface area contributed by atoms with E-state index in [9.17, 15) is 5.11 Å². The third-order valence-corrected chi connectivity index (χ3v) is 7.94. The Balaban J connectivity index is 1.63. The first-order valence-electron chi connectivity index (χ1n) is 13.3. The molecule has 1 fully saturated rings. The summed E-state index contributed by atoms with van der Waals surface area (Å²) >= 11 is 0. The van der Waals surface area contributed by atoms with Crippen molar-refractivity contribution in [3.63, 3.8) is 0 Å². The lowest BCUT2D eigenvalue weighted by molar-refractivity contribution is 0.0333. The second kappa shape index (κ2) is 9.23. The molecule has 0 bridgehead atoms. The average Bonchev–Trinajstić information content (AvgIpc) is 3.60. The van der Waals surface area contributed by atoms with Crippen LogP contribution in [0.1, 0.15) is 43.0 Å². The Bertz CT molecular complexity index is 1320. The fourth-order valence-corrected chi connectivity index (χ4v) is 6.18. The molecule has 0 aliphatic carbocycles. The van der Waals surface area contributed by atoms with Gasteiger partial charge in [-0.25, -0.2) is 4.99 Å². The molecule has 38 heavy (non-hydrogen) atoms. The first kappa shape index (κ1) is 24.6. The van der Waals surface area contributed by atoms with Gasteiger partial charge < -0.3 is 9.84 Å². The summed E-state index contributed by atoms with van der Waals surface area (Å²) in [6.45, 7) is 6.64. The number of aliphatic imine (C=N–C) groups is 1. The van der Waals surface area contributed by atoms with Crippen molar-refractivity contribution < 1.29 is 9.84 Å². The normalized spacial score (nSPS) is 23.7. The Kier molecular flexibility index (Phi) is 5.97. The van der Waals surface area contributed by atoms with Gasteiger partial charge in [0.15, 0.2) is 0 Å². The molecular formula is C34H34N2O2. The van der Waals surface area contributed by atoms with Crippen LogP contribution in [0, 0.1) is 0 Å². The van der Waals surface area contributed by atoms with Gasteiger partial charge in [0, 0.05) is 0 Å². The second-order valence-electron chi connectivity index (χ2n) is 11.2. The topological polar surface area (TPSA) is 44.8 Å². The zero-order valence-electron chi connectivity index (χ0n) is 22.2. The van der Waals surface area contributed by atoms with E-state index in [2.05, 4.69) is 91.5 Å². The maximum absolute atomic E-state index is 12.3. The highest BCUT2D eigenvalue weighted by Gasteiger charge is 2.69. The van der Waals surface area contributed by atoms with E-state index in [1.165, 1.54) is 0 Å². The minimum Gasteiger partial charge on any atom is -0.477 e. The number of nitrogens with zero attached hydrogens (tertiary/aromatic N) is 2. The van der Waals surface area contributed by atoms with Crippen LogP contribution in [0.5, 0.6) is 0 Å². The van der Waals surface area contributed by atoms with E-state index in [1.54, 1.807) is 0 Å². The van der Waals surface area contributed by atoms with Crippen LogP contribution in [0.2, 0.25) is 0 Å². The molecular weight excluding hydrogens is 468 g/mol. The molecule has 0 aromatic heterocycles. The van der Waals surface area contributed by atoms with Gasteiger partial charge in [0.05, 0.1) is 17.1 Å². The van der Waals surface area contributed by atoms with Crippen molar-refractivity contribution in [2.75, 3.05) is 6.61 Å². The molecule has 0 saturated carbocycles. The third kappa shape index (κ3) is 3.96. The number of aliphatic hydroxyl groups is 1. The maximum atomic E-state index is 12.3. The molecule has 4 nitrogen and oxygen atoms in total. The molecule has 2 aliphatic heterocycles. The van der Waals surface area contributed by atoms with Gasteiger partial charge in [-0.15, -0.1) is 0 Å². The Hall–Kier alpha value is -3.73. The van der Waals surface area contributed by atoms with E-state index in [0.717, 1.165) is 22.3 Å². The molecule has 4 atom stereocenters. The Morgan fingerprint density at radius 1 is 0.711 bits per heavy atom. The van der Waals surface area contributed by atoms with Crippen molar-refractivity contribution >= 4 is 5.90 Å². The van der Waals surface area contributed by atoms with E-state index in [-0.39, 0.29) is 17.6 Å². The van der Waals surface area contributed by atoms with Crippen LogP contribution in [0.25, 0.3) is 0 Å². The summed E-state index contributed by atoms with van der Waals surface area (Å²) in [5.41, 5.74) is 2.12. The maximum Gasteiger partial charge on any atom is 0.203 e. The molecule has 1 N–H and O–H groups in total. The predicted molar refractivity (Wildman–Crippen MR) is 152 cm³/mol. The number of ether oxygens (including phenoxy) is 1. The summed E-state index contributed by atoms with van der Waals surface area (Å²) in [7, 11) is 0. The van der Waals surface area contributed by atoms with Crippen LogP contribution in [0.3, 0.4) is 0 Å². The van der Waals surface area contributed by atoms with Crippen LogP contribution in [-0.2, 0) is 15.9 Å². The summed E-state index contributed by atoms with van der Waals surface area (Å²) in [5.74, 6) is 0.698. The van der Waals surface area contributed by atoms with E-state index in [0.29, 0.717) is 12.5 Å². The highest BCUT2D eigenvalue weighted by Crippen LogP contribution is 2.57. The van der Waals surface area contributed by atoms with Gasteiger partial charge in [-0.05, 0) is 43.0 Å². The summed E-state index contributed by atoms with van der Waals surface area (Å²) in [6, 6.07) is 41.3. The molecule has 2 aliphatic rings. The fourth-order valence-electron chi connectivity index (χ4n) is 6.18. The predicted octanol–water partition coefficient (Wildman–Crippen LogP) is 6.15. The SMILES string of the molecule is CC1(C)COC([C@@H]2[C@H](C(C)(O)c3ccccc3)N2C(c2ccccc2)(c2ccccc2)c2ccccc2)=N1. The van der Waals surface area contributed by atoms with Crippen molar-refractivity contribution in [1.29, 1.82) is 0 Å². The summed E-state index contributed by atoms with van der Waals surface area (Å²) in [4.78, 5) is 7.44. The molecule has 0 spiro atoms. The summed E-state index contributed by atoms with van der Waals surface area (Å²) in [5, 5.41) is 12.3. The molecule has 2 unspecified atom stereocenters. The van der Waals surface area contributed by atoms with Crippen LogP contribution in [-0.4, -0.2) is 40.1 Å². The van der Waals surface area contributed by atoms with Crippen LogP contribution in [0.15, 0.2) is 126 Å². The van der Waals surface area contributed by atoms with Crippen LogP contribution in [0.4, 0.5) is 0 Å². The second-order valence-corrected chi connectivity index (χ2v) is 11.2. The monoisotopic (exact) mass is 502 g/mol. The number of benzene rings is 4. The standard InChI is InChI=1S/C34H34N2O2/c1-32(2)24-38-31(35-32)29-30(33(3,37)25-16-8-4-9-17-25)36(29)34(26-18-10-5-11-19-26,27-20-12-6-13-21-27)28-22-14-7-15-23-28/h4-23,29-30,37H,24H2,1-3H3/t29-,30+,33?,36?/m0/s1. The number of hydrogen-bond acceptors (Lipinski definition) is 4. The van der Waals surface area contributed by atoms with Gasteiger partial charge in [0.25, 0.3) is 0 Å². The largest absolute Gasteiger partial charge is 0.477 e. The first-order valence-corrected chi connectivity index (χ1v) is 13.3. The number of hydrogen-bond donors (Lipinski definition) is 1. The molecule has 6 rings (SSSR count). The van der Waals surface area contributed by atoms with Crippen molar-refractivity contribution in [2.24, 2.45) is 4.99 Å². The Morgan fingerprint density at radius 2 is 1.11 bits per heavy atom. The molecule has 4 heteroatoms. The fraction of sp³-hybridized carbons (Fsp3) is 0.265. The molecule has 4 aromatic carbocycles. The molecule has 1 saturated heterocycles. The van der Waals surface area contributed by atoms with Gasteiger partial charge in [-0.3, -0.25) is 4.90 Å². The molecule has 2 heterocycles. The lowest BCUT2D eigenvalue weighted by Gasteiger charge is -2.40. The quantitative estimate of drug-likeness (QED) is 0.244. The van der Waals surface area contributed by atoms with Gasteiger partial charge in [0.1, 0.15) is 18.2 Å². The minimum absolute atomic E-state index is 0.215. The zero-order valence-corrected chi connectivity index (χ0v) is 22.2. The average molecular weight is 503 g/mol. The van der Waals surface area contributed by atoms with Gasteiger partial charge in [0.2, 0.25) is 5.90 Å². The Labute approximate surface area is 225 Å². The Morgan fingerprint density at radius 3 is 1.47 bits per heavy atom. The highest BCUT2D eigenvalue weighted by molar-refractivity contribution is 5.88. The van der Waals surface area contributed by atoms with Gasteiger partial charge >= 0.3 is 0 Å². The molecule has 192 valence electrons. The van der Waals surface area contributed by atoms with Crippen molar-refractivity contribution in [3.05, 3.63) is 144 Å². The molecule has 4 aromatic rings. The lowest BCUT2D eigenvalue weighted by Crippen LogP contribution is -2.43. The molecule has 0 radical (unpaired) electrons. The van der Waals surface area contributed by atoms with Crippen molar-refractivity contribution in [3.8, 4) is 0 Å². The van der Waals surface area contributed by atoms with E-state index >= 15 is 0 Å². The van der Waals surface area contributed by atoms with Gasteiger partial charge in [-0.1, -0.05) is 121 Å². The van der Waals surface area contributed by atoms with Crippen molar-refractivity contribution in [2.45, 2.75) is 49.5 Å². The minimum atomic E-state index is -1.16. The van der Waals surface area contributed by atoms with E-state index in [1.807, 2.05) is 55.5 Å². The van der Waals surface area contributed by atoms with Crippen molar-refractivity contribution in [1.82, 2.24) is 4.90 Å². The smallest absolute Gasteiger partial charge is 0.203 e. The van der Waals surface area contributed by atoms with Gasteiger partial charge in [-0.2, -0.15) is 0 Å². The van der Waals surface area contributed by atoms with Crippen LogP contribution < -0.4 is 0 Å². The lowest BCUT2D eigenvalue weighted by atomic mass is 9.76. The summed E-state index contributed by atoms with van der Waals surface area (Å²) in [6.07, 6.45) is 0. The third-order valence-electron chi connectivity index (χ3n) is 7.94. The first-order chi connectivity index (χ1) is 18.4. The van der Waals surface area contributed by atoms with Crippen LogP contribution >= 0.6 is 0 Å². The number of rotatable bonds is 7. The molecule has 0 amide bonds. The zero-order chi connectivity index (χ0) is 26.4. The highest BCUT2D eigenvalue weighted by atomic mass is 16.5. The van der Waals surface area contributed by atoms with E-state index < -0.39 is 11.1 Å². The van der Waals surface area contributed by atoms with E-state index in [4.69, 9.17) is 9.73 Å².